The summed E-state index contributed by atoms with van der Waals surface area (Å²) in [5.74, 6) is 0. The van der Waals surface area contributed by atoms with Crippen molar-refractivity contribution in [1.29, 1.82) is 10.5 Å². The second-order valence-electron chi connectivity index (χ2n) is 2.86. The lowest BCUT2D eigenvalue weighted by atomic mass is 10.1. The van der Waals surface area contributed by atoms with Crippen LogP contribution in [0.4, 0.5) is 0 Å². The van der Waals surface area contributed by atoms with Crippen molar-refractivity contribution >= 4 is 11.6 Å². The summed E-state index contributed by atoms with van der Waals surface area (Å²) >= 11 is 5.89. The molecule has 3 nitrogen and oxygen atoms in total. The van der Waals surface area contributed by atoms with Crippen molar-refractivity contribution in [1.82, 2.24) is 0 Å². The minimum atomic E-state index is -0.555. The Balaban J connectivity index is 2.92. The van der Waals surface area contributed by atoms with E-state index < -0.39 is 6.04 Å². The number of nitrogens with two attached hydrogens (primary N) is 1. The molecule has 1 rings (SSSR count). The molecule has 0 bridgehead atoms. The average molecular weight is 206 g/mol. The third kappa shape index (κ3) is 2.47. The summed E-state index contributed by atoms with van der Waals surface area (Å²) in [6, 6.07) is 8.30. The standard InChI is InChI=1S/C10H8ClN3/c11-10-3-7(5-12)1-2-8(10)4-9(14)6-13/h1-3,9H,4,14H2. The molecule has 0 aliphatic rings. The van der Waals surface area contributed by atoms with Gasteiger partial charge in [0.05, 0.1) is 23.7 Å². The van der Waals surface area contributed by atoms with Crippen molar-refractivity contribution in [2.45, 2.75) is 12.5 Å². The van der Waals surface area contributed by atoms with Crippen molar-refractivity contribution in [2.24, 2.45) is 5.73 Å². The van der Waals surface area contributed by atoms with Crippen LogP contribution in [0.25, 0.3) is 0 Å². The monoisotopic (exact) mass is 205 g/mol. The Labute approximate surface area is 87.3 Å². The normalized spacial score (nSPS) is 11.4. The smallest absolute Gasteiger partial charge is 0.0992 e. The van der Waals surface area contributed by atoms with Gasteiger partial charge >= 0.3 is 0 Å². The Morgan fingerprint density at radius 3 is 2.64 bits per heavy atom. The van der Waals surface area contributed by atoms with E-state index in [4.69, 9.17) is 27.9 Å². The minimum absolute atomic E-state index is 0.404. The topological polar surface area (TPSA) is 73.6 Å². The highest BCUT2D eigenvalue weighted by atomic mass is 35.5. The first kappa shape index (κ1) is 10.5. The molecule has 1 aromatic carbocycles. The van der Waals surface area contributed by atoms with Crippen LogP contribution in [0, 0.1) is 22.7 Å². The van der Waals surface area contributed by atoms with Gasteiger partial charge in [0.15, 0.2) is 0 Å². The molecule has 2 N–H and O–H groups in total. The quantitative estimate of drug-likeness (QED) is 0.797. The number of hydrogen-bond acceptors (Lipinski definition) is 3. The van der Waals surface area contributed by atoms with Crippen molar-refractivity contribution in [3.05, 3.63) is 34.3 Å². The zero-order valence-electron chi connectivity index (χ0n) is 7.37. The van der Waals surface area contributed by atoms with Crippen LogP contribution in [0.1, 0.15) is 11.1 Å². The Bertz CT molecular complexity index is 414. The highest BCUT2D eigenvalue weighted by Gasteiger charge is 2.06. The number of benzene rings is 1. The first-order valence-electron chi connectivity index (χ1n) is 4.01. The van der Waals surface area contributed by atoms with E-state index in [-0.39, 0.29) is 0 Å². The fourth-order valence-electron chi connectivity index (χ4n) is 1.06. The predicted octanol–water partition coefficient (Wildman–Crippen LogP) is 1.61. The van der Waals surface area contributed by atoms with E-state index in [2.05, 4.69) is 0 Å². The van der Waals surface area contributed by atoms with E-state index in [1.165, 1.54) is 0 Å². The maximum atomic E-state index is 8.60. The molecule has 0 heterocycles. The summed E-state index contributed by atoms with van der Waals surface area (Å²) < 4.78 is 0. The molecule has 0 fully saturated rings. The maximum absolute atomic E-state index is 8.60. The summed E-state index contributed by atoms with van der Waals surface area (Å²) in [6.45, 7) is 0. The molecule has 0 aliphatic heterocycles. The van der Waals surface area contributed by atoms with Crippen LogP contribution < -0.4 is 5.73 Å². The largest absolute Gasteiger partial charge is 0.316 e. The van der Waals surface area contributed by atoms with E-state index in [9.17, 15) is 0 Å². The Hall–Kier alpha value is -1.55. The van der Waals surface area contributed by atoms with Crippen LogP contribution in [-0.2, 0) is 6.42 Å². The van der Waals surface area contributed by atoms with Crippen LogP contribution in [0.2, 0.25) is 5.02 Å². The van der Waals surface area contributed by atoms with Gasteiger partial charge in [0.25, 0.3) is 0 Å². The third-order valence-corrected chi connectivity index (χ3v) is 2.14. The lowest BCUT2D eigenvalue weighted by Crippen LogP contribution is -2.20. The minimum Gasteiger partial charge on any atom is -0.316 e. The number of rotatable bonds is 2. The fourth-order valence-corrected chi connectivity index (χ4v) is 1.32. The summed E-state index contributed by atoms with van der Waals surface area (Å²) in [4.78, 5) is 0. The SMILES string of the molecule is N#Cc1ccc(CC(N)C#N)c(Cl)c1. The van der Waals surface area contributed by atoms with E-state index in [1.54, 1.807) is 18.2 Å². The average Bonchev–Trinajstić information content (AvgIpc) is 2.20. The van der Waals surface area contributed by atoms with Crippen molar-refractivity contribution < 1.29 is 0 Å². The number of nitriles is 2. The predicted molar refractivity (Wildman–Crippen MR) is 53.5 cm³/mol. The molecule has 0 saturated carbocycles. The lowest BCUT2D eigenvalue weighted by Gasteiger charge is -2.05. The van der Waals surface area contributed by atoms with Crippen LogP contribution in [-0.4, -0.2) is 6.04 Å². The molecule has 14 heavy (non-hydrogen) atoms. The van der Waals surface area contributed by atoms with Crippen molar-refractivity contribution in [2.75, 3.05) is 0 Å². The van der Waals surface area contributed by atoms with E-state index in [0.29, 0.717) is 17.0 Å². The highest BCUT2D eigenvalue weighted by molar-refractivity contribution is 6.31. The zero-order chi connectivity index (χ0) is 10.6. The van der Waals surface area contributed by atoms with E-state index >= 15 is 0 Å². The van der Waals surface area contributed by atoms with Gasteiger partial charge in [0.1, 0.15) is 0 Å². The molecular weight excluding hydrogens is 198 g/mol. The van der Waals surface area contributed by atoms with Crippen LogP contribution >= 0.6 is 11.6 Å². The van der Waals surface area contributed by atoms with E-state index in [1.807, 2.05) is 12.1 Å². The Morgan fingerprint density at radius 1 is 1.43 bits per heavy atom. The molecule has 70 valence electrons. The summed E-state index contributed by atoms with van der Waals surface area (Å²) in [7, 11) is 0. The van der Waals surface area contributed by atoms with Crippen LogP contribution in [0.15, 0.2) is 18.2 Å². The number of hydrogen-bond donors (Lipinski definition) is 1. The number of nitrogens with zero attached hydrogens (tertiary/aromatic N) is 2. The second kappa shape index (κ2) is 4.62. The third-order valence-electron chi connectivity index (χ3n) is 1.79. The molecule has 0 radical (unpaired) electrons. The number of halogens is 1. The molecule has 0 aromatic heterocycles. The highest BCUT2D eigenvalue weighted by Crippen LogP contribution is 2.18. The molecule has 1 unspecified atom stereocenters. The van der Waals surface area contributed by atoms with Gasteiger partial charge in [0.2, 0.25) is 0 Å². The zero-order valence-corrected chi connectivity index (χ0v) is 8.12. The van der Waals surface area contributed by atoms with Crippen LogP contribution in [0.5, 0.6) is 0 Å². The van der Waals surface area contributed by atoms with E-state index in [0.717, 1.165) is 5.56 Å². The molecule has 4 heteroatoms. The fraction of sp³-hybridized carbons (Fsp3) is 0.200. The molecule has 0 amide bonds. The lowest BCUT2D eigenvalue weighted by molar-refractivity contribution is 0.823. The van der Waals surface area contributed by atoms with Crippen molar-refractivity contribution in [3.8, 4) is 12.1 Å². The van der Waals surface area contributed by atoms with Gasteiger partial charge in [-0.3, -0.25) is 0 Å². The summed E-state index contributed by atoms with van der Waals surface area (Å²) in [6.07, 6.45) is 0.404. The molecule has 0 spiro atoms. The van der Waals surface area contributed by atoms with Gasteiger partial charge < -0.3 is 5.73 Å². The summed E-state index contributed by atoms with van der Waals surface area (Å²) in [5, 5.41) is 17.6. The van der Waals surface area contributed by atoms with Crippen LogP contribution in [0.3, 0.4) is 0 Å². The van der Waals surface area contributed by atoms with Gasteiger partial charge in [-0.25, -0.2) is 0 Å². The second-order valence-corrected chi connectivity index (χ2v) is 3.26. The molecule has 0 saturated heterocycles. The van der Waals surface area contributed by atoms with Gasteiger partial charge in [-0.2, -0.15) is 10.5 Å². The van der Waals surface area contributed by atoms with Gasteiger partial charge in [-0.1, -0.05) is 17.7 Å². The molecule has 1 atom stereocenters. The Morgan fingerprint density at radius 2 is 2.14 bits per heavy atom. The first-order valence-corrected chi connectivity index (χ1v) is 4.39. The molecule has 0 aliphatic carbocycles. The first-order chi connectivity index (χ1) is 6.67. The van der Waals surface area contributed by atoms with Gasteiger partial charge in [-0.15, -0.1) is 0 Å². The maximum Gasteiger partial charge on any atom is 0.0992 e. The molecule has 1 aromatic rings. The van der Waals surface area contributed by atoms with Gasteiger partial charge in [0, 0.05) is 11.4 Å². The summed E-state index contributed by atoms with van der Waals surface area (Å²) in [5.41, 5.74) is 6.76. The molecular formula is C10H8ClN3. The van der Waals surface area contributed by atoms with Crippen molar-refractivity contribution in [3.63, 3.8) is 0 Å². The Kier molecular flexibility index (Phi) is 3.48. The van der Waals surface area contributed by atoms with Gasteiger partial charge in [-0.05, 0) is 17.7 Å².